The summed E-state index contributed by atoms with van der Waals surface area (Å²) in [4.78, 5) is 13.2. The van der Waals surface area contributed by atoms with Crippen molar-refractivity contribution in [3.8, 4) is 0 Å². The summed E-state index contributed by atoms with van der Waals surface area (Å²) in [5, 5.41) is 45.1. The zero-order valence-electron chi connectivity index (χ0n) is 51.7. The first kappa shape index (κ1) is 76.3. The predicted octanol–water partition coefficient (Wildman–Crippen LogP) is 17.3. The molecule has 1 heterocycles. The molecule has 1 aliphatic heterocycles. The van der Waals surface area contributed by atoms with Crippen LogP contribution in [0.5, 0.6) is 0 Å². The average molecular weight is 1150 g/mol. The van der Waals surface area contributed by atoms with E-state index in [2.05, 4.69) is 47.7 Å². The lowest BCUT2D eigenvalue weighted by Crippen LogP contribution is -2.61. The lowest BCUT2D eigenvalue weighted by Gasteiger charge is -2.41. The second-order valence-corrected chi connectivity index (χ2v) is 24.8. The van der Waals surface area contributed by atoms with E-state index in [0.29, 0.717) is 6.42 Å². The van der Waals surface area contributed by atoms with Gasteiger partial charge in [0.2, 0.25) is 5.91 Å². The molecule has 1 aliphatic rings. The van der Waals surface area contributed by atoms with Crippen molar-refractivity contribution < 1.29 is 51.8 Å². The van der Waals surface area contributed by atoms with Crippen LogP contribution in [0.25, 0.3) is 0 Å². The topological polar surface area (TPSA) is 192 Å². The molecule has 0 spiro atoms. The van der Waals surface area contributed by atoms with E-state index in [0.717, 1.165) is 44.9 Å². The highest BCUT2D eigenvalue weighted by molar-refractivity contribution is 7.80. The van der Waals surface area contributed by atoms with E-state index in [1.54, 1.807) is 6.08 Å². The van der Waals surface area contributed by atoms with Crippen molar-refractivity contribution in [1.82, 2.24) is 5.32 Å². The number of hydrogen-bond acceptors (Lipinski definition) is 10. The Morgan fingerprint density at radius 3 is 1.19 bits per heavy atom. The van der Waals surface area contributed by atoms with E-state index in [9.17, 15) is 38.2 Å². The SMILES string of the molecule is CCCCCCCCCCC/C=C\C/C=C\CCCCCCCCCCCCCCCCCCCC(=O)NC(COC1OC(CO)C(O)C(OS(=O)(=O)O)C1O)C(O)/C=C/CCCCCCCCCCCCCCCCCCCC. The summed E-state index contributed by atoms with van der Waals surface area (Å²) in [6.45, 7) is 3.45. The minimum Gasteiger partial charge on any atom is -0.394 e. The predicted molar refractivity (Wildman–Crippen MR) is 333 cm³/mol. The molecule has 0 aliphatic carbocycles. The summed E-state index contributed by atoms with van der Waals surface area (Å²) < 4.78 is 48.0. The van der Waals surface area contributed by atoms with Gasteiger partial charge in [0.15, 0.2) is 6.29 Å². The number of ether oxygens (including phenoxy) is 2. The van der Waals surface area contributed by atoms with Gasteiger partial charge in [-0.05, 0) is 51.4 Å². The normalized spacial score (nSPS) is 18.8. The van der Waals surface area contributed by atoms with Crippen molar-refractivity contribution in [2.75, 3.05) is 13.2 Å². The van der Waals surface area contributed by atoms with E-state index in [4.69, 9.17) is 9.47 Å². The van der Waals surface area contributed by atoms with Crippen LogP contribution in [0.2, 0.25) is 0 Å². The first-order valence-corrected chi connectivity index (χ1v) is 35.2. The number of unbranched alkanes of at least 4 members (excludes halogenated alkanes) is 44. The van der Waals surface area contributed by atoms with Crippen LogP contribution in [0.1, 0.15) is 328 Å². The van der Waals surface area contributed by atoms with Gasteiger partial charge in [-0.15, -0.1) is 0 Å². The number of rotatable bonds is 60. The molecule has 0 bridgehead atoms. The molecule has 13 heteroatoms. The number of allylic oxidation sites excluding steroid dienone is 5. The maximum atomic E-state index is 13.2. The Kier molecular flexibility index (Phi) is 53.9. The second-order valence-electron chi connectivity index (χ2n) is 23.8. The fourth-order valence-corrected chi connectivity index (χ4v) is 11.5. The molecule has 0 aromatic heterocycles. The third-order valence-electron chi connectivity index (χ3n) is 16.2. The molecular formula is C67H127NO11S. The van der Waals surface area contributed by atoms with Gasteiger partial charge in [0.1, 0.15) is 24.4 Å². The molecule has 12 nitrogen and oxygen atoms in total. The zero-order chi connectivity index (χ0) is 58.3. The van der Waals surface area contributed by atoms with Crippen LogP contribution < -0.4 is 5.32 Å². The van der Waals surface area contributed by atoms with Gasteiger partial charge in [-0.2, -0.15) is 8.42 Å². The molecule has 80 heavy (non-hydrogen) atoms. The molecule has 0 saturated carbocycles. The van der Waals surface area contributed by atoms with Crippen LogP contribution >= 0.6 is 0 Å². The molecule has 7 atom stereocenters. The molecule has 0 radical (unpaired) electrons. The number of aliphatic hydroxyl groups is 4. The van der Waals surface area contributed by atoms with Gasteiger partial charge < -0.3 is 35.2 Å². The Hall–Kier alpha value is -1.68. The average Bonchev–Trinajstić information content (AvgIpc) is 3.43. The van der Waals surface area contributed by atoms with Crippen molar-refractivity contribution in [1.29, 1.82) is 0 Å². The molecule has 1 amide bonds. The maximum Gasteiger partial charge on any atom is 0.397 e. The van der Waals surface area contributed by atoms with Crippen LogP contribution in [-0.4, -0.2) is 95.4 Å². The Morgan fingerprint density at radius 1 is 0.500 bits per heavy atom. The van der Waals surface area contributed by atoms with Gasteiger partial charge >= 0.3 is 10.4 Å². The standard InChI is InChI=1S/C67H127NO11S/c1-3-5-7-9-11-13-15-17-19-21-23-25-26-27-28-29-30-31-32-33-34-35-36-37-39-41-43-45-47-49-51-53-55-57-63(71)68-60(59-77-67-65(73)66(79-80(74,75)76)64(72)62(58-69)78-67)61(70)56-54-52-50-48-46-44-42-40-38-24-22-20-18-16-14-12-10-8-6-4-2/h23,25,27-28,54,56,60-62,64-67,69-70,72-73H,3-22,24,26,29-53,55,57-59H2,1-2H3,(H,68,71)(H,74,75,76)/b25-23-,28-27-,56-54+. The van der Waals surface area contributed by atoms with Crippen molar-refractivity contribution in [2.45, 2.75) is 371 Å². The number of nitrogens with one attached hydrogen (secondary N) is 1. The number of amides is 1. The Morgan fingerprint density at radius 2 is 0.838 bits per heavy atom. The van der Waals surface area contributed by atoms with Gasteiger partial charge in [-0.3, -0.25) is 9.35 Å². The van der Waals surface area contributed by atoms with Crippen molar-refractivity contribution >= 4 is 16.3 Å². The molecular weight excluding hydrogens is 1030 g/mol. The van der Waals surface area contributed by atoms with E-state index in [1.165, 1.54) is 257 Å². The molecule has 0 aromatic rings. The van der Waals surface area contributed by atoms with Crippen LogP contribution in [-0.2, 0) is 28.9 Å². The van der Waals surface area contributed by atoms with E-state index >= 15 is 0 Å². The Bertz CT molecular complexity index is 1540. The number of carbonyl (C=O) groups excluding carboxylic acids is 1. The van der Waals surface area contributed by atoms with Crippen LogP contribution in [0.3, 0.4) is 0 Å². The van der Waals surface area contributed by atoms with Crippen molar-refractivity contribution in [3.05, 3.63) is 36.5 Å². The molecule has 0 aromatic carbocycles. The molecule has 1 rings (SSSR count). The molecule has 1 fully saturated rings. The van der Waals surface area contributed by atoms with Gasteiger partial charge in [-0.1, -0.05) is 307 Å². The first-order chi connectivity index (χ1) is 39.0. The fourth-order valence-electron chi connectivity index (χ4n) is 11.0. The summed E-state index contributed by atoms with van der Waals surface area (Å²) >= 11 is 0. The number of hydrogen-bond donors (Lipinski definition) is 6. The largest absolute Gasteiger partial charge is 0.397 e. The quantitative estimate of drug-likeness (QED) is 0.0193. The first-order valence-electron chi connectivity index (χ1n) is 33.9. The lowest BCUT2D eigenvalue weighted by molar-refractivity contribution is -0.298. The number of carbonyl (C=O) groups is 1. The second kappa shape index (κ2) is 56.5. The van der Waals surface area contributed by atoms with Gasteiger partial charge in [0.25, 0.3) is 0 Å². The summed E-state index contributed by atoms with van der Waals surface area (Å²) in [6, 6.07) is -0.944. The molecule has 472 valence electrons. The summed E-state index contributed by atoms with van der Waals surface area (Å²) in [5.41, 5.74) is 0. The highest BCUT2D eigenvalue weighted by Crippen LogP contribution is 2.26. The van der Waals surface area contributed by atoms with Gasteiger partial charge in [0.05, 0.1) is 25.4 Å². The molecule has 6 N–H and O–H groups in total. The monoisotopic (exact) mass is 1150 g/mol. The summed E-state index contributed by atoms with van der Waals surface area (Å²) in [5.74, 6) is -0.257. The smallest absolute Gasteiger partial charge is 0.394 e. The van der Waals surface area contributed by atoms with Crippen LogP contribution in [0, 0.1) is 0 Å². The summed E-state index contributed by atoms with van der Waals surface area (Å²) in [7, 11) is -5.09. The fraction of sp³-hybridized carbons (Fsp3) is 0.896. The molecule has 7 unspecified atom stereocenters. The highest BCUT2D eigenvalue weighted by Gasteiger charge is 2.48. The summed E-state index contributed by atoms with van der Waals surface area (Å²) in [6.07, 6.45) is 65.0. The van der Waals surface area contributed by atoms with Crippen molar-refractivity contribution in [2.24, 2.45) is 0 Å². The minimum atomic E-state index is -5.09. The number of aliphatic hydroxyl groups excluding tert-OH is 4. The van der Waals surface area contributed by atoms with E-state index < -0.39 is 59.9 Å². The molecule has 1 saturated heterocycles. The van der Waals surface area contributed by atoms with E-state index in [-0.39, 0.29) is 18.9 Å². The van der Waals surface area contributed by atoms with Gasteiger partial charge in [-0.25, -0.2) is 4.18 Å². The Balaban J connectivity index is 2.24. The van der Waals surface area contributed by atoms with E-state index in [1.807, 2.05) is 6.08 Å². The van der Waals surface area contributed by atoms with Crippen LogP contribution in [0.15, 0.2) is 36.5 Å². The zero-order valence-corrected chi connectivity index (χ0v) is 52.5. The van der Waals surface area contributed by atoms with Crippen LogP contribution in [0.4, 0.5) is 0 Å². The minimum absolute atomic E-state index is 0.257. The third kappa shape index (κ3) is 47.7. The highest BCUT2D eigenvalue weighted by atomic mass is 32.3. The van der Waals surface area contributed by atoms with Gasteiger partial charge in [0, 0.05) is 6.42 Å². The lowest BCUT2D eigenvalue weighted by atomic mass is 9.99. The Labute approximate surface area is 492 Å². The van der Waals surface area contributed by atoms with Crippen molar-refractivity contribution in [3.63, 3.8) is 0 Å². The third-order valence-corrected chi connectivity index (χ3v) is 16.6. The maximum absolute atomic E-state index is 13.2.